The number of ether oxygens (including phenoxy) is 1. The topological polar surface area (TPSA) is 143 Å². The van der Waals surface area contributed by atoms with Crippen LogP contribution in [0.25, 0.3) is 0 Å². The number of nitrogens with zero attached hydrogens (tertiary/aromatic N) is 3. The van der Waals surface area contributed by atoms with Gasteiger partial charge < -0.3 is 19.7 Å². The van der Waals surface area contributed by atoms with Gasteiger partial charge >= 0.3 is 5.69 Å². The molecule has 308 valence electrons. The van der Waals surface area contributed by atoms with E-state index in [1.54, 1.807) is 17.9 Å². The van der Waals surface area contributed by atoms with E-state index in [1.807, 2.05) is 64.6 Å². The zero-order valence-corrected chi connectivity index (χ0v) is 37.6. The highest BCUT2D eigenvalue weighted by Gasteiger charge is 2.31. The molecule has 2 N–H and O–H groups in total. The van der Waals surface area contributed by atoms with Gasteiger partial charge in [-0.05, 0) is 98.2 Å². The monoisotopic (exact) mass is 888 g/mol. The molecule has 11 nitrogen and oxygen atoms in total. The molecule has 3 atom stereocenters. The number of para-hydroxylation sites is 1. The number of anilines is 1. The number of Topliss-reactive ketones (excluding diaryl/α,β-unsaturated/α-hetero) is 1. The second-order valence-corrected chi connectivity index (χ2v) is 15.9. The maximum Gasteiger partial charge on any atom is 0.328 e. The summed E-state index contributed by atoms with van der Waals surface area (Å²) in [6.45, 7) is 18.7. The van der Waals surface area contributed by atoms with Crippen molar-refractivity contribution in [3.63, 3.8) is 0 Å². The summed E-state index contributed by atoms with van der Waals surface area (Å²) in [7, 11) is 0. The van der Waals surface area contributed by atoms with Crippen LogP contribution in [0.3, 0.4) is 0 Å². The molecular weight excluding hydrogens is 831 g/mol. The first-order chi connectivity index (χ1) is 26.2. The first-order valence-electron chi connectivity index (χ1n) is 18.7. The van der Waals surface area contributed by atoms with Gasteiger partial charge in [-0.15, -0.1) is 11.6 Å². The lowest BCUT2D eigenvalue weighted by molar-refractivity contribution is -0.118. The van der Waals surface area contributed by atoms with Gasteiger partial charge in [-0.25, -0.2) is 4.79 Å². The summed E-state index contributed by atoms with van der Waals surface area (Å²) in [6.07, 6.45) is 5.70. The number of rotatable bonds is 17. The van der Waals surface area contributed by atoms with Crippen molar-refractivity contribution in [1.29, 1.82) is 0 Å². The standard InChI is InChI=1S/C17H26ClNO3S.C14H20ClNO2.C9H13BrN2O2/c1-4-14(19-22-8-6-7-18)17-15(20)10-13(11-16(17)21)9-12(3)23-5-2;1-4-12-8-6-7-11(3)14(12)16(10-18-5-2)13(17)9-15;1-4-5(2)12-8(13)7(10)6(3)11-9(12)14/h6-7,12-13,20H,4-5,8-11H2,1-3H3;6-8H,4-5,9-10H2,1-3H3;5H,4H2,1-3H3,(H,11,14)/b7-6+,19-14+;;. The summed E-state index contributed by atoms with van der Waals surface area (Å²) in [5.74, 6) is 1.22. The number of aromatic nitrogens is 2. The van der Waals surface area contributed by atoms with Crippen molar-refractivity contribution in [2.24, 2.45) is 11.1 Å². The lowest BCUT2D eigenvalue weighted by Gasteiger charge is -2.25. The van der Waals surface area contributed by atoms with E-state index in [1.165, 1.54) is 10.1 Å². The molecule has 1 aromatic heterocycles. The Morgan fingerprint density at radius 3 is 2.40 bits per heavy atom. The lowest BCUT2D eigenvalue weighted by Crippen LogP contribution is -2.38. The Morgan fingerprint density at radius 1 is 1.16 bits per heavy atom. The highest BCUT2D eigenvalue weighted by atomic mass is 79.9. The van der Waals surface area contributed by atoms with Crippen LogP contribution >= 0.6 is 50.9 Å². The minimum absolute atomic E-state index is 0.0371. The minimum atomic E-state index is -0.343. The highest BCUT2D eigenvalue weighted by molar-refractivity contribution is 9.10. The summed E-state index contributed by atoms with van der Waals surface area (Å²) in [6, 6.07) is 5.95. The quantitative estimate of drug-likeness (QED) is 0.0526. The second-order valence-electron chi connectivity index (χ2n) is 12.9. The molecule has 1 aliphatic carbocycles. The zero-order valence-electron chi connectivity index (χ0n) is 33.7. The normalized spacial score (nSPS) is 15.5. The van der Waals surface area contributed by atoms with E-state index in [0.717, 1.165) is 41.8 Å². The summed E-state index contributed by atoms with van der Waals surface area (Å²) in [5.41, 5.74) is 5.29. The van der Waals surface area contributed by atoms with Crippen LogP contribution in [0, 0.1) is 19.8 Å². The molecule has 0 fully saturated rings. The number of hydrogen-bond acceptors (Lipinski definition) is 9. The van der Waals surface area contributed by atoms with E-state index in [2.05, 4.69) is 46.8 Å². The van der Waals surface area contributed by atoms with Gasteiger partial charge in [0.2, 0.25) is 5.91 Å². The average Bonchev–Trinajstić information content (AvgIpc) is 3.15. The van der Waals surface area contributed by atoms with E-state index >= 15 is 0 Å². The Kier molecular flexibility index (Phi) is 24.6. The van der Waals surface area contributed by atoms with Gasteiger partial charge in [0.1, 0.15) is 29.4 Å². The second kappa shape index (κ2) is 26.9. The largest absolute Gasteiger partial charge is 0.511 e. The van der Waals surface area contributed by atoms with Gasteiger partial charge in [0.05, 0.1) is 17.0 Å². The van der Waals surface area contributed by atoms with Crippen molar-refractivity contribution in [3.05, 3.63) is 83.3 Å². The molecule has 3 rings (SSSR count). The molecule has 2 aromatic rings. The minimum Gasteiger partial charge on any atom is -0.511 e. The van der Waals surface area contributed by atoms with Gasteiger partial charge in [-0.2, -0.15) is 11.8 Å². The summed E-state index contributed by atoms with van der Waals surface area (Å²) in [5, 5.41) is 14.8. The predicted octanol–water partition coefficient (Wildman–Crippen LogP) is 9.55. The molecule has 15 heteroatoms. The first-order valence-corrected chi connectivity index (χ1v) is 21.5. The maximum atomic E-state index is 12.4. The first kappa shape index (κ1) is 50.2. The SMILES string of the molecule is CCC(C)n1c(=O)[nH]c(C)c(Br)c1=O.CCOCN(C(=O)CCl)c1c(C)cccc1CC.CCSC(C)CC1CC(=O)C(/C(CC)=N/OC/C=C/Cl)=C(O)C1. The maximum absolute atomic E-state index is 12.4. The molecule has 0 radical (unpaired) electrons. The number of allylic oxidation sites excluding steroid dienone is 2. The number of carbonyl (C=O) groups excluding carboxylic acids is 2. The van der Waals surface area contributed by atoms with Crippen LogP contribution in [0.2, 0.25) is 0 Å². The number of hydrogen-bond donors (Lipinski definition) is 2. The number of aliphatic hydroxyl groups excluding tert-OH is 1. The van der Waals surface area contributed by atoms with Crippen molar-refractivity contribution in [2.45, 2.75) is 112 Å². The molecule has 1 aliphatic rings. The number of alkyl halides is 1. The van der Waals surface area contributed by atoms with Crippen LogP contribution in [0.4, 0.5) is 5.69 Å². The Bertz CT molecular complexity index is 1740. The number of carbonyl (C=O) groups is 2. The number of halogens is 3. The van der Waals surface area contributed by atoms with E-state index < -0.39 is 0 Å². The molecule has 1 aromatic carbocycles. The highest BCUT2D eigenvalue weighted by Crippen LogP contribution is 2.33. The Balaban J connectivity index is 0.000000425. The number of nitrogens with one attached hydrogen (secondary N) is 1. The third kappa shape index (κ3) is 15.9. The zero-order chi connectivity index (χ0) is 41.7. The van der Waals surface area contributed by atoms with Crippen LogP contribution in [0.1, 0.15) is 103 Å². The molecular formula is C40H59BrCl2N4O7S. The molecule has 1 amide bonds. The fourth-order valence-electron chi connectivity index (χ4n) is 5.89. The molecule has 0 saturated carbocycles. The number of oxime groups is 1. The Morgan fingerprint density at radius 2 is 1.85 bits per heavy atom. The van der Waals surface area contributed by atoms with Gasteiger partial charge in [0, 0.05) is 42.0 Å². The van der Waals surface area contributed by atoms with Crippen LogP contribution < -0.4 is 16.1 Å². The molecule has 0 spiro atoms. The van der Waals surface area contributed by atoms with Gasteiger partial charge in [-0.3, -0.25) is 23.9 Å². The fourth-order valence-corrected chi connectivity index (χ4v) is 7.38. The number of ketones is 1. The molecule has 0 saturated heterocycles. The lowest BCUT2D eigenvalue weighted by atomic mass is 9.82. The van der Waals surface area contributed by atoms with Crippen molar-refractivity contribution in [3.8, 4) is 0 Å². The summed E-state index contributed by atoms with van der Waals surface area (Å²) >= 11 is 16.1. The van der Waals surface area contributed by atoms with E-state index in [0.29, 0.717) is 52.6 Å². The van der Waals surface area contributed by atoms with Gasteiger partial charge in [-0.1, -0.05) is 69.6 Å². The number of aliphatic hydroxyl groups is 1. The number of aryl methyl sites for hydroxylation is 3. The van der Waals surface area contributed by atoms with Crippen molar-refractivity contribution in [2.75, 3.05) is 36.5 Å². The van der Waals surface area contributed by atoms with E-state index in [9.17, 15) is 24.3 Å². The van der Waals surface area contributed by atoms with Crippen molar-refractivity contribution in [1.82, 2.24) is 9.55 Å². The fraction of sp³-hybridized carbons (Fsp3) is 0.575. The molecule has 0 aliphatic heterocycles. The predicted molar refractivity (Wildman–Crippen MR) is 232 cm³/mol. The molecule has 55 heavy (non-hydrogen) atoms. The number of amides is 1. The molecule has 3 unspecified atom stereocenters. The van der Waals surface area contributed by atoms with Crippen LogP contribution in [0.15, 0.2) is 60.4 Å². The van der Waals surface area contributed by atoms with Crippen molar-refractivity contribution >= 4 is 74.0 Å². The van der Waals surface area contributed by atoms with E-state index in [4.69, 9.17) is 32.8 Å². The number of aromatic amines is 1. The van der Waals surface area contributed by atoms with Gasteiger partial charge in [0.15, 0.2) is 5.78 Å². The summed E-state index contributed by atoms with van der Waals surface area (Å²) in [4.78, 5) is 57.0. The van der Waals surface area contributed by atoms with Crippen LogP contribution in [0.5, 0.6) is 0 Å². The average molecular weight is 891 g/mol. The van der Waals surface area contributed by atoms with Gasteiger partial charge in [0.25, 0.3) is 5.56 Å². The van der Waals surface area contributed by atoms with E-state index in [-0.39, 0.29) is 59.9 Å². The van der Waals surface area contributed by atoms with Crippen molar-refractivity contribution < 1.29 is 24.3 Å². The Labute approximate surface area is 349 Å². The smallest absolute Gasteiger partial charge is 0.328 e. The third-order valence-electron chi connectivity index (χ3n) is 8.79. The van der Waals surface area contributed by atoms with Crippen LogP contribution in [-0.2, 0) is 25.6 Å². The summed E-state index contributed by atoms with van der Waals surface area (Å²) < 4.78 is 7.04. The Hall–Kier alpha value is -2.84. The number of benzene rings is 1. The van der Waals surface area contributed by atoms with Crippen LogP contribution in [-0.4, -0.2) is 68.9 Å². The molecule has 1 heterocycles. The number of H-pyrrole nitrogens is 1. The number of thioether (sulfide) groups is 1. The third-order valence-corrected chi connectivity index (χ3v) is 11.2. The molecule has 0 bridgehead atoms.